The van der Waals surface area contributed by atoms with E-state index in [1.54, 1.807) is 6.92 Å². The molecule has 0 aromatic carbocycles. The molecule has 0 rings (SSSR count). The van der Waals surface area contributed by atoms with Gasteiger partial charge in [0.05, 0.1) is 6.61 Å². The van der Waals surface area contributed by atoms with Crippen molar-refractivity contribution in [2.45, 2.75) is 33.1 Å². The predicted octanol–water partition coefficient (Wildman–Crippen LogP) is 2.50. The molecule has 0 aliphatic rings. The smallest absolute Gasteiger partial charge is 0.333 e. The molecule has 0 aliphatic carbocycles. The summed E-state index contributed by atoms with van der Waals surface area (Å²) in [5.74, 6) is -0.292. The summed E-state index contributed by atoms with van der Waals surface area (Å²) in [6.45, 7) is 7.74. The maximum Gasteiger partial charge on any atom is 0.333 e. The average molecular weight is 169 g/mol. The number of unbranched alkanes of at least 4 members (excludes halogenated alkanes) is 3. The molecule has 0 amide bonds. The molecule has 0 atom stereocenters. The van der Waals surface area contributed by atoms with Crippen molar-refractivity contribution in [3.63, 3.8) is 0 Å². The lowest BCUT2D eigenvalue weighted by atomic mass is 10.2. The van der Waals surface area contributed by atoms with E-state index in [4.69, 9.17) is 4.74 Å². The molecule has 12 heavy (non-hydrogen) atoms. The standard InChI is InChI=1S/C10H17O2/c1-4-5-6-7-8-12-10(11)9(2)3/h6H,2,4-5,7-8H2,1,3H3. The Labute approximate surface area is 74.6 Å². The first-order chi connectivity index (χ1) is 5.68. The fraction of sp³-hybridized carbons (Fsp3) is 0.600. The Balaban J connectivity index is 3.20. The summed E-state index contributed by atoms with van der Waals surface area (Å²) in [4.78, 5) is 10.8. The molecule has 0 aromatic heterocycles. The van der Waals surface area contributed by atoms with Gasteiger partial charge in [0.1, 0.15) is 0 Å². The third kappa shape index (κ3) is 5.96. The Bertz CT molecular complexity index is 150. The van der Waals surface area contributed by atoms with Crippen LogP contribution in [0, 0.1) is 6.42 Å². The fourth-order valence-corrected chi connectivity index (χ4v) is 0.707. The van der Waals surface area contributed by atoms with Crippen molar-refractivity contribution in [3.05, 3.63) is 18.6 Å². The monoisotopic (exact) mass is 169 g/mol. The van der Waals surface area contributed by atoms with Gasteiger partial charge >= 0.3 is 5.97 Å². The minimum atomic E-state index is -0.292. The van der Waals surface area contributed by atoms with E-state index < -0.39 is 0 Å². The van der Waals surface area contributed by atoms with Crippen LogP contribution in [0.4, 0.5) is 0 Å². The van der Waals surface area contributed by atoms with E-state index >= 15 is 0 Å². The Morgan fingerprint density at radius 3 is 2.67 bits per heavy atom. The summed E-state index contributed by atoms with van der Waals surface area (Å²) in [6, 6.07) is 0. The highest BCUT2D eigenvalue weighted by Crippen LogP contribution is 1.99. The van der Waals surface area contributed by atoms with E-state index in [0.717, 1.165) is 19.3 Å². The SMILES string of the molecule is C=C(C)C(=O)OCC[CH]CCC. The second kappa shape index (κ2) is 6.89. The average Bonchev–Trinajstić information content (AvgIpc) is 2.03. The van der Waals surface area contributed by atoms with Crippen molar-refractivity contribution in [2.75, 3.05) is 6.61 Å². The first-order valence-corrected chi connectivity index (χ1v) is 4.32. The lowest BCUT2D eigenvalue weighted by Crippen LogP contribution is -2.06. The van der Waals surface area contributed by atoms with Crippen LogP contribution in [-0.2, 0) is 9.53 Å². The van der Waals surface area contributed by atoms with Gasteiger partial charge in [0.15, 0.2) is 0 Å². The van der Waals surface area contributed by atoms with E-state index in [1.807, 2.05) is 0 Å². The van der Waals surface area contributed by atoms with E-state index in [1.165, 1.54) is 0 Å². The molecule has 1 radical (unpaired) electrons. The number of carbonyl (C=O) groups is 1. The van der Waals surface area contributed by atoms with E-state index in [-0.39, 0.29) is 5.97 Å². The first kappa shape index (κ1) is 11.2. The fourth-order valence-electron chi connectivity index (χ4n) is 0.707. The van der Waals surface area contributed by atoms with Crippen LogP contribution >= 0.6 is 0 Å². The number of hydrogen-bond donors (Lipinski definition) is 0. The molecule has 0 saturated heterocycles. The van der Waals surface area contributed by atoms with Crippen molar-refractivity contribution in [2.24, 2.45) is 0 Å². The quantitative estimate of drug-likeness (QED) is 0.347. The Morgan fingerprint density at radius 1 is 1.50 bits per heavy atom. The molecule has 0 N–H and O–H groups in total. The molecule has 0 spiro atoms. The van der Waals surface area contributed by atoms with E-state index in [2.05, 4.69) is 19.9 Å². The summed E-state index contributed by atoms with van der Waals surface area (Å²) >= 11 is 0. The van der Waals surface area contributed by atoms with Gasteiger partial charge in [0.25, 0.3) is 0 Å². The van der Waals surface area contributed by atoms with Gasteiger partial charge in [-0.25, -0.2) is 4.79 Å². The zero-order valence-electron chi connectivity index (χ0n) is 7.93. The zero-order chi connectivity index (χ0) is 9.40. The number of rotatable bonds is 6. The summed E-state index contributed by atoms with van der Waals surface area (Å²) in [6.07, 6.45) is 5.21. The van der Waals surface area contributed by atoms with Crippen LogP contribution in [0.25, 0.3) is 0 Å². The highest BCUT2D eigenvalue weighted by atomic mass is 16.5. The molecule has 2 nitrogen and oxygen atoms in total. The van der Waals surface area contributed by atoms with Crippen LogP contribution in [0.1, 0.15) is 33.1 Å². The van der Waals surface area contributed by atoms with Gasteiger partial charge in [-0.15, -0.1) is 0 Å². The van der Waals surface area contributed by atoms with Crippen molar-refractivity contribution < 1.29 is 9.53 Å². The Morgan fingerprint density at radius 2 is 2.17 bits per heavy atom. The highest BCUT2D eigenvalue weighted by Gasteiger charge is 2.01. The molecule has 69 valence electrons. The molecule has 2 heteroatoms. The number of carbonyl (C=O) groups excluding carboxylic acids is 1. The van der Waals surface area contributed by atoms with Crippen molar-refractivity contribution in [1.29, 1.82) is 0 Å². The molecule has 0 bridgehead atoms. The van der Waals surface area contributed by atoms with Crippen molar-refractivity contribution >= 4 is 5.97 Å². The van der Waals surface area contributed by atoms with Crippen molar-refractivity contribution in [1.82, 2.24) is 0 Å². The largest absolute Gasteiger partial charge is 0.462 e. The summed E-state index contributed by atoms with van der Waals surface area (Å²) < 4.78 is 4.88. The molecule has 0 unspecified atom stereocenters. The minimum Gasteiger partial charge on any atom is -0.462 e. The summed E-state index contributed by atoms with van der Waals surface area (Å²) in [5, 5.41) is 0. The third-order valence-electron chi connectivity index (χ3n) is 1.40. The van der Waals surface area contributed by atoms with Gasteiger partial charge in [-0.2, -0.15) is 0 Å². The van der Waals surface area contributed by atoms with Crippen LogP contribution in [0.3, 0.4) is 0 Å². The van der Waals surface area contributed by atoms with Gasteiger partial charge in [0, 0.05) is 5.57 Å². The number of hydrogen-bond acceptors (Lipinski definition) is 2. The molecule has 0 aliphatic heterocycles. The highest BCUT2D eigenvalue weighted by molar-refractivity contribution is 5.86. The lowest BCUT2D eigenvalue weighted by Gasteiger charge is -2.02. The van der Waals surface area contributed by atoms with Crippen LogP contribution in [0.5, 0.6) is 0 Å². The summed E-state index contributed by atoms with van der Waals surface area (Å²) in [7, 11) is 0. The van der Waals surface area contributed by atoms with Crippen molar-refractivity contribution in [3.8, 4) is 0 Å². The first-order valence-electron chi connectivity index (χ1n) is 4.32. The molecule has 0 saturated carbocycles. The maximum atomic E-state index is 10.8. The van der Waals surface area contributed by atoms with Crippen LogP contribution in [-0.4, -0.2) is 12.6 Å². The second-order valence-corrected chi connectivity index (χ2v) is 2.78. The Kier molecular flexibility index (Phi) is 6.44. The van der Waals surface area contributed by atoms with E-state index in [0.29, 0.717) is 12.2 Å². The van der Waals surface area contributed by atoms with Gasteiger partial charge in [-0.1, -0.05) is 26.3 Å². The topological polar surface area (TPSA) is 26.3 Å². The second-order valence-electron chi connectivity index (χ2n) is 2.78. The van der Waals surface area contributed by atoms with E-state index in [9.17, 15) is 4.79 Å². The number of esters is 1. The maximum absolute atomic E-state index is 10.8. The van der Waals surface area contributed by atoms with Gasteiger partial charge < -0.3 is 4.74 Å². The molecular formula is C10H17O2. The molecule has 0 heterocycles. The molecule has 0 fully saturated rings. The Hall–Kier alpha value is -0.790. The van der Waals surface area contributed by atoms with Crippen LogP contribution < -0.4 is 0 Å². The zero-order valence-corrected chi connectivity index (χ0v) is 7.93. The van der Waals surface area contributed by atoms with Crippen LogP contribution in [0.15, 0.2) is 12.2 Å². The number of ether oxygens (including phenoxy) is 1. The van der Waals surface area contributed by atoms with Gasteiger partial charge in [-0.05, 0) is 19.8 Å². The van der Waals surface area contributed by atoms with Gasteiger partial charge in [0.2, 0.25) is 0 Å². The molecular weight excluding hydrogens is 152 g/mol. The van der Waals surface area contributed by atoms with Gasteiger partial charge in [-0.3, -0.25) is 0 Å². The lowest BCUT2D eigenvalue weighted by molar-refractivity contribution is -0.138. The predicted molar refractivity (Wildman–Crippen MR) is 49.6 cm³/mol. The third-order valence-corrected chi connectivity index (χ3v) is 1.40. The minimum absolute atomic E-state index is 0.292. The molecule has 0 aromatic rings. The van der Waals surface area contributed by atoms with Crippen LogP contribution in [0.2, 0.25) is 0 Å². The normalized spacial score (nSPS) is 9.50. The summed E-state index contributed by atoms with van der Waals surface area (Å²) in [5.41, 5.74) is 0.463.